The number of anilines is 2. The summed E-state index contributed by atoms with van der Waals surface area (Å²) in [6, 6.07) is 9.81. The number of piperidine rings is 1. The lowest BCUT2D eigenvalue weighted by molar-refractivity contribution is -0.138. The third-order valence-corrected chi connectivity index (χ3v) is 6.85. The molecule has 0 saturated carbocycles. The number of carbonyl (C=O) groups is 1. The third kappa shape index (κ3) is 4.33. The van der Waals surface area contributed by atoms with Crippen molar-refractivity contribution in [1.82, 2.24) is 15.1 Å². The summed E-state index contributed by atoms with van der Waals surface area (Å²) in [4.78, 5) is 18.6. The molecule has 35 heavy (non-hydrogen) atoms. The number of nitrogens with zero attached hydrogens (tertiary/aromatic N) is 4. The second-order valence-corrected chi connectivity index (χ2v) is 8.99. The highest BCUT2D eigenvalue weighted by atomic mass is 19.4. The van der Waals surface area contributed by atoms with Gasteiger partial charge in [-0.25, -0.2) is 9.18 Å². The molecule has 184 valence electrons. The van der Waals surface area contributed by atoms with E-state index in [2.05, 4.69) is 10.2 Å². The molecule has 0 bridgehead atoms. The minimum absolute atomic E-state index is 0.0206. The maximum atomic E-state index is 14.4. The van der Waals surface area contributed by atoms with Crippen LogP contribution >= 0.6 is 0 Å². The Labute approximate surface area is 200 Å². The number of amides is 2. The standard InChI is InChI=1S/C25H25F4N5O/c1-16-5-4-8-20(26)23(16)32-11-9-18(10-12-32)33-15-21-22(13-30-31-21)34(24(33)35)14-17-6-2-3-7-19(17)25(27,28)29/h2-8,13,18H,9-12,14-15H2,1H3,(H,30,31). The van der Waals surface area contributed by atoms with E-state index in [0.717, 1.165) is 11.6 Å². The molecule has 0 atom stereocenters. The molecule has 2 aliphatic rings. The third-order valence-electron chi connectivity index (χ3n) is 6.85. The quantitative estimate of drug-likeness (QED) is 0.496. The van der Waals surface area contributed by atoms with Crippen molar-refractivity contribution in [3.05, 3.63) is 76.9 Å². The molecule has 0 unspecified atom stereocenters. The van der Waals surface area contributed by atoms with Gasteiger partial charge < -0.3 is 9.80 Å². The Bertz CT molecular complexity index is 1210. The van der Waals surface area contributed by atoms with Crippen LogP contribution in [0.25, 0.3) is 0 Å². The van der Waals surface area contributed by atoms with Gasteiger partial charge in [0, 0.05) is 25.3 Å². The van der Waals surface area contributed by atoms with Crippen LogP contribution in [0.15, 0.2) is 48.7 Å². The highest BCUT2D eigenvalue weighted by molar-refractivity contribution is 5.94. The summed E-state index contributed by atoms with van der Waals surface area (Å²) in [5.74, 6) is -0.270. The molecular formula is C25H25F4N5O. The number of urea groups is 1. The average Bonchev–Trinajstić information content (AvgIpc) is 3.29. The molecule has 3 aromatic rings. The van der Waals surface area contributed by atoms with Crippen LogP contribution in [0, 0.1) is 12.7 Å². The van der Waals surface area contributed by atoms with E-state index in [-0.39, 0.29) is 36.5 Å². The molecule has 6 nitrogen and oxygen atoms in total. The Balaban J connectivity index is 1.37. The fraction of sp³-hybridized carbons (Fsp3) is 0.360. The first-order valence-electron chi connectivity index (χ1n) is 11.5. The summed E-state index contributed by atoms with van der Waals surface area (Å²) >= 11 is 0. The maximum Gasteiger partial charge on any atom is 0.416 e. The van der Waals surface area contributed by atoms with Gasteiger partial charge in [-0.2, -0.15) is 18.3 Å². The van der Waals surface area contributed by atoms with Crippen LogP contribution in [0.1, 0.15) is 35.2 Å². The lowest BCUT2D eigenvalue weighted by Crippen LogP contribution is -2.54. The molecule has 1 N–H and O–H groups in total. The zero-order chi connectivity index (χ0) is 24.7. The van der Waals surface area contributed by atoms with E-state index in [4.69, 9.17) is 0 Å². The van der Waals surface area contributed by atoms with Crippen LogP contribution in [0.3, 0.4) is 0 Å². The molecule has 0 aliphatic carbocycles. The fourth-order valence-electron chi connectivity index (χ4n) is 5.12. The minimum Gasteiger partial charge on any atom is -0.369 e. The predicted octanol–water partition coefficient (Wildman–Crippen LogP) is 5.49. The molecule has 2 aliphatic heterocycles. The highest BCUT2D eigenvalue weighted by Gasteiger charge is 2.39. The van der Waals surface area contributed by atoms with Crippen LogP contribution < -0.4 is 9.80 Å². The van der Waals surface area contributed by atoms with E-state index < -0.39 is 11.7 Å². The molecule has 2 amide bonds. The number of para-hydroxylation sites is 1. The summed E-state index contributed by atoms with van der Waals surface area (Å²) in [6.45, 7) is 3.07. The molecule has 10 heteroatoms. The van der Waals surface area contributed by atoms with Gasteiger partial charge >= 0.3 is 12.2 Å². The lowest BCUT2D eigenvalue weighted by Gasteiger charge is -2.43. The number of H-pyrrole nitrogens is 1. The fourth-order valence-corrected chi connectivity index (χ4v) is 5.12. The van der Waals surface area contributed by atoms with Gasteiger partial charge in [0.05, 0.1) is 30.0 Å². The largest absolute Gasteiger partial charge is 0.416 e. The minimum atomic E-state index is -4.52. The van der Waals surface area contributed by atoms with Gasteiger partial charge in [0.2, 0.25) is 0 Å². The lowest BCUT2D eigenvalue weighted by atomic mass is 10.00. The van der Waals surface area contributed by atoms with Gasteiger partial charge in [-0.1, -0.05) is 30.3 Å². The van der Waals surface area contributed by atoms with Gasteiger partial charge in [-0.3, -0.25) is 10.00 Å². The molecule has 0 radical (unpaired) electrons. The van der Waals surface area contributed by atoms with Crippen LogP contribution in [0.5, 0.6) is 0 Å². The molecule has 2 aromatic carbocycles. The van der Waals surface area contributed by atoms with Crippen molar-refractivity contribution in [2.75, 3.05) is 22.9 Å². The maximum absolute atomic E-state index is 14.4. The Kier molecular flexibility index (Phi) is 5.90. The van der Waals surface area contributed by atoms with Gasteiger partial charge in [0.15, 0.2) is 0 Å². The molecule has 5 rings (SSSR count). The van der Waals surface area contributed by atoms with Gasteiger partial charge in [0.1, 0.15) is 11.5 Å². The van der Waals surface area contributed by atoms with Crippen molar-refractivity contribution < 1.29 is 22.4 Å². The van der Waals surface area contributed by atoms with Crippen LogP contribution in [-0.4, -0.2) is 40.3 Å². The number of alkyl halides is 3. The second kappa shape index (κ2) is 8.90. The zero-order valence-corrected chi connectivity index (χ0v) is 19.1. The number of aromatic amines is 1. The monoisotopic (exact) mass is 487 g/mol. The number of carbonyl (C=O) groups excluding carboxylic acids is 1. The Morgan fingerprint density at radius 2 is 1.83 bits per heavy atom. The molecule has 1 saturated heterocycles. The Hall–Kier alpha value is -3.56. The molecule has 0 spiro atoms. The molecule has 3 heterocycles. The normalized spacial score (nSPS) is 17.2. The van der Waals surface area contributed by atoms with E-state index in [1.165, 1.54) is 29.2 Å². The van der Waals surface area contributed by atoms with Crippen molar-refractivity contribution >= 4 is 17.4 Å². The van der Waals surface area contributed by atoms with Crippen LogP contribution in [-0.2, 0) is 19.3 Å². The second-order valence-electron chi connectivity index (χ2n) is 8.99. The highest BCUT2D eigenvalue weighted by Crippen LogP contribution is 2.36. The molecular weight excluding hydrogens is 462 g/mol. The van der Waals surface area contributed by atoms with Crippen LogP contribution in [0.2, 0.25) is 0 Å². The first-order valence-corrected chi connectivity index (χ1v) is 11.5. The van der Waals surface area contributed by atoms with E-state index in [1.807, 2.05) is 17.9 Å². The van der Waals surface area contributed by atoms with E-state index in [0.29, 0.717) is 43.0 Å². The number of benzene rings is 2. The SMILES string of the molecule is Cc1cccc(F)c1N1CCC(N2Cc3n[nH]cc3N(Cc3ccccc3C(F)(F)F)C2=O)CC1. The Morgan fingerprint density at radius 3 is 2.54 bits per heavy atom. The van der Waals surface area contributed by atoms with Crippen LogP contribution in [0.4, 0.5) is 33.7 Å². The van der Waals surface area contributed by atoms with Gasteiger partial charge in [-0.15, -0.1) is 0 Å². The zero-order valence-electron chi connectivity index (χ0n) is 19.1. The number of rotatable bonds is 4. The van der Waals surface area contributed by atoms with Crippen molar-refractivity contribution in [1.29, 1.82) is 0 Å². The summed E-state index contributed by atoms with van der Waals surface area (Å²) in [6.07, 6.45) is -1.74. The number of fused-ring (bicyclic) bond motifs is 1. The smallest absolute Gasteiger partial charge is 0.369 e. The predicted molar refractivity (Wildman–Crippen MR) is 124 cm³/mol. The van der Waals surface area contributed by atoms with Crippen molar-refractivity contribution in [2.24, 2.45) is 0 Å². The topological polar surface area (TPSA) is 55.5 Å². The summed E-state index contributed by atoms with van der Waals surface area (Å²) in [5, 5.41) is 6.99. The average molecular weight is 488 g/mol. The molecule has 1 aromatic heterocycles. The van der Waals surface area contributed by atoms with Crippen molar-refractivity contribution in [3.8, 4) is 0 Å². The number of nitrogens with one attached hydrogen (secondary N) is 1. The number of hydrogen-bond donors (Lipinski definition) is 1. The first-order chi connectivity index (χ1) is 16.7. The van der Waals surface area contributed by atoms with Crippen molar-refractivity contribution in [2.45, 2.75) is 45.1 Å². The number of hydrogen-bond acceptors (Lipinski definition) is 3. The summed E-state index contributed by atoms with van der Waals surface area (Å²) in [5.41, 5.74) is 1.80. The summed E-state index contributed by atoms with van der Waals surface area (Å²) < 4.78 is 55.2. The number of aromatic nitrogens is 2. The van der Waals surface area contributed by atoms with Gasteiger partial charge in [-0.05, 0) is 43.0 Å². The Morgan fingerprint density at radius 1 is 1.09 bits per heavy atom. The van der Waals surface area contributed by atoms with Gasteiger partial charge in [0.25, 0.3) is 0 Å². The summed E-state index contributed by atoms with van der Waals surface area (Å²) in [7, 11) is 0. The van der Waals surface area contributed by atoms with Crippen molar-refractivity contribution in [3.63, 3.8) is 0 Å². The number of aryl methyl sites for hydroxylation is 1. The molecule has 1 fully saturated rings. The first kappa shape index (κ1) is 23.2. The van der Waals surface area contributed by atoms with E-state index in [1.54, 1.807) is 17.2 Å². The number of halogens is 4. The van der Waals surface area contributed by atoms with E-state index >= 15 is 0 Å². The van der Waals surface area contributed by atoms with E-state index in [9.17, 15) is 22.4 Å².